The van der Waals surface area contributed by atoms with E-state index in [4.69, 9.17) is 0 Å². The van der Waals surface area contributed by atoms with Crippen LogP contribution in [0.5, 0.6) is 0 Å². The molecule has 0 saturated heterocycles. The number of benzene rings is 1. The zero-order valence-corrected chi connectivity index (χ0v) is 11.4. The molecule has 2 unspecified atom stereocenters. The lowest BCUT2D eigenvalue weighted by atomic mass is 9.74. The minimum absolute atomic E-state index is 0.149. The third-order valence-electron chi connectivity index (χ3n) is 3.57. The summed E-state index contributed by atoms with van der Waals surface area (Å²) in [5.74, 6) is 1.05. The van der Waals surface area contributed by atoms with Crippen molar-refractivity contribution < 1.29 is 4.79 Å². The van der Waals surface area contributed by atoms with Gasteiger partial charge in [0.15, 0.2) is 0 Å². The predicted molar refractivity (Wildman–Crippen MR) is 74.4 cm³/mol. The fourth-order valence-electron chi connectivity index (χ4n) is 2.45. The Morgan fingerprint density at radius 2 is 2.11 bits per heavy atom. The van der Waals surface area contributed by atoms with Gasteiger partial charge in [-0.3, -0.25) is 4.79 Å². The second-order valence-electron chi connectivity index (χ2n) is 4.69. The van der Waals surface area contributed by atoms with Crippen molar-refractivity contribution >= 4 is 27.5 Å². The monoisotopic (exact) mass is 304 g/mol. The summed E-state index contributed by atoms with van der Waals surface area (Å²) in [7, 11) is 0. The van der Waals surface area contributed by atoms with Gasteiger partial charge in [0.1, 0.15) is 0 Å². The van der Waals surface area contributed by atoms with Gasteiger partial charge in [-0.1, -0.05) is 28.1 Å². The molecule has 0 aliphatic heterocycles. The van der Waals surface area contributed by atoms with Crippen molar-refractivity contribution in [1.29, 1.82) is 0 Å². The summed E-state index contributed by atoms with van der Waals surface area (Å²) in [6.07, 6.45) is 6.51. The third kappa shape index (κ3) is 2.12. The highest BCUT2D eigenvalue weighted by Crippen LogP contribution is 2.40. The molecule has 4 heteroatoms. The highest BCUT2D eigenvalue weighted by atomic mass is 79.9. The quantitative estimate of drug-likeness (QED) is 0.662. The average molecular weight is 305 g/mol. The van der Waals surface area contributed by atoms with E-state index in [-0.39, 0.29) is 5.91 Å². The van der Waals surface area contributed by atoms with E-state index in [1.807, 2.05) is 12.1 Å². The maximum atomic E-state index is 11.8. The van der Waals surface area contributed by atoms with Gasteiger partial charge in [-0.05, 0) is 43.0 Å². The standard InChI is InChI=1S/C14H13BrN2O/c15-11-6-4-9(5-7-11)14(18)17-16-13-8-10-2-1-3-12(10)13/h1-2,4-7,10,12H,3,8H2,(H,17,18)/b16-13-. The molecule has 1 aromatic carbocycles. The van der Waals surface area contributed by atoms with Crippen molar-refractivity contribution in [1.82, 2.24) is 5.43 Å². The number of nitrogens with zero attached hydrogens (tertiary/aromatic N) is 1. The number of allylic oxidation sites excluding steroid dienone is 2. The lowest BCUT2D eigenvalue weighted by Gasteiger charge is -2.31. The number of amides is 1. The lowest BCUT2D eigenvalue weighted by Crippen LogP contribution is -2.35. The molecule has 3 nitrogen and oxygen atoms in total. The molecule has 1 amide bonds. The molecule has 0 heterocycles. The lowest BCUT2D eigenvalue weighted by molar-refractivity contribution is 0.0954. The summed E-state index contributed by atoms with van der Waals surface area (Å²) in [5.41, 5.74) is 4.39. The van der Waals surface area contributed by atoms with Gasteiger partial charge in [0.25, 0.3) is 5.91 Å². The van der Waals surface area contributed by atoms with Gasteiger partial charge in [-0.2, -0.15) is 5.10 Å². The molecule has 3 rings (SSSR count). The van der Waals surface area contributed by atoms with Crippen LogP contribution in [0.1, 0.15) is 23.2 Å². The van der Waals surface area contributed by atoms with Crippen molar-refractivity contribution in [3.05, 3.63) is 46.5 Å². The first-order valence-electron chi connectivity index (χ1n) is 6.03. The van der Waals surface area contributed by atoms with Crippen LogP contribution in [-0.4, -0.2) is 11.6 Å². The molecule has 0 aromatic heterocycles. The van der Waals surface area contributed by atoms with E-state index in [2.05, 4.69) is 38.6 Å². The first-order valence-corrected chi connectivity index (χ1v) is 6.82. The van der Waals surface area contributed by atoms with Gasteiger partial charge in [-0.15, -0.1) is 0 Å². The molecule has 0 spiro atoms. The normalized spacial score (nSPS) is 26.8. The Balaban J connectivity index is 1.62. The second kappa shape index (κ2) is 4.69. The fourth-order valence-corrected chi connectivity index (χ4v) is 2.72. The summed E-state index contributed by atoms with van der Waals surface area (Å²) in [5, 5.41) is 4.24. The molecule has 1 N–H and O–H groups in total. The molecule has 2 atom stereocenters. The van der Waals surface area contributed by atoms with Gasteiger partial charge in [0.2, 0.25) is 0 Å². The van der Waals surface area contributed by atoms with Gasteiger partial charge in [-0.25, -0.2) is 5.43 Å². The Kier molecular flexibility index (Phi) is 3.04. The van der Waals surface area contributed by atoms with Crippen LogP contribution in [0.4, 0.5) is 0 Å². The van der Waals surface area contributed by atoms with Crippen LogP contribution in [0.15, 0.2) is 46.0 Å². The number of fused-ring (bicyclic) bond motifs is 1. The molecule has 1 fully saturated rings. The molecule has 0 radical (unpaired) electrons. The number of nitrogens with one attached hydrogen (secondary N) is 1. The third-order valence-corrected chi connectivity index (χ3v) is 4.10. The number of halogens is 1. The largest absolute Gasteiger partial charge is 0.271 e. The molecule has 2 aliphatic rings. The van der Waals surface area contributed by atoms with Gasteiger partial charge in [0, 0.05) is 21.7 Å². The highest BCUT2D eigenvalue weighted by molar-refractivity contribution is 9.10. The van der Waals surface area contributed by atoms with Crippen molar-refractivity contribution in [2.45, 2.75) is 12.8 Å². The average Bonchev–Trinajstić information content (AvgIpc) is 2.72. The van der Waals surface area contributed by atoms with Crippen LogP contribution in [0, 0.1) is 11.8 Å². The maximum Gasteiger partial charge on any atom is 0.271 e. The number of hydrogen-bond donors (Lipinski definition) is 1. The van der Waals surface area contributed by atoms with Crippen LogP contribution in [0.2, 0.25) is 0 Å². The number of carbonyl (C=O) groups is 1. The minimum atomic E-state index is -0.149. The van der Waals surface area contributed by atoms with Crippen LogP contribution >= 0.6 is 15.9 Å². The van der Waals surface area contributed by atoms with Crippen LogP contribution in [0.3, 0.4) is 0 Å². The van der Waals surface area contributed by atoms with E-state index in [0.29, 0.717) is 17.4 Å². The van der Waals surface area contributed by atoms with E-state index < -0.39 is 0 Å². The number of carbonyl (C=O) groups excluding carboxylic acids is 1. The fraction of sp³-hybridized carbons (Fsp3) is 0.286. The van der Waals surface area contributed by atoms with E-state index in [0.717, 1.165) is 23.0 Å². The van der Waals surface area contributed by atoms with E-state index in [1.54, 1.807) is 12.1 Å². The summed E-state index contributed by atoms with van der Waals surface area (Å²) in [4.78, 5) is 11.8. The van der Waals surface area contributed by atoms with E-state index in [1.165, 1.54) is 0 Å². The van der Waals surface area contributed by atoms with Crippen molar-refractivity contribution in [3.8, 4) is 0 Å². The molecule has 0 bridgehead atoms. The Hall–Kier alpha value is -1.42. The smallest absolute Gasteiger partial charge is 0.267 e. The molecule has 2 aliphatic carbocycles. The molecule has 1 aromatic rings. The summed E-state index contributed by atoms with van der Waals surface area (Å²) >= 11 is 3.34. The van der Waals surface area contributed by atoms with E-state index in [9.17, 15) is 4.79 Å². The van der Waals surface area contributed by atoms with Crippen LogP contribution in [0.25, 0.3) is 0 Å². The van der Waals surface area contributed by atoms with Gasteiger partial charge < -0.3 is 0 Å². The molecule has 18 heavy (non-hydrogen) atoms. The van der Waals surface area contributed by atoms with Crippen LogP contribution in [-0.2, 0) is 0 Å². The predicted octanol–water partition coefficient (Wildman–Crippen LogP) is 3.13. The molecular weight excluding hydrogens is 292 g/mol. The van der Waals surface area contributed by atoms with Crippen molar-refractivity contribution in [2.75, 3.05) is 0 Å². The highest BCUT2D eigenvalue weighted by Gasteiger charge is 2.37. The SMILES string of the molecule is O=C(N/N=C1/CC2C=CCC12)c1ccc(Br)cc1. The van der Waals surface area contributed by atoms with Crippen molar-refractivity contribution in [3.63, 3.8) is 0 Å². The maximum absolute atomic E-state index is 11.8. The zero-order valence-electron chi connectivity index (χ0n) is 9.77. The van der Waals surface area contributed by atoms with Gasteiger partial charge >= 0.3 is 0 Å². The second-order valence-corrected chi connectivity index (χ2v) is 5.60. The Morgan fingerprint density at radius 3 is 2.83 bits per heavy atom. The molecule has 1 saturated carbocycles. The molecular formula is C14H13BrN2O. The van der Waals surface area contributed by atoms with E-state index >= 15 is 0 Å². The summed E-state index contributed by atoms with van der Waals surface area (Å²) in [6.45, 7) is 0. The Morgan fingerprint density at radius 1 is 1.33 bits per heavy atom. The zero-order chi connectivity index (χ0) is 12.5. The number of hydrazone groups is 1. The van der Waals surface area contributed by atoms with Gasteiger partial charge in [0.05, 0.1) is 0 Å². The van der Waals surface area contributed by atoms with Crippen LogP contribution < -0.4 is 5.43 Å². The summed E-state index contributed by atoms with van der Waals surface area (Å²) in [6, 6.07) is 7.26. The minimum Gasteiger partial charge on any atom is -0.267 e. The Bertz CT molecular complexity index is 533. The van der Waals surface area contributed by atoms with Crippen molar-refractivity contribution in [2.24, 2.45) is 16.9 Å². The first kappa shape index (κ1) is 11.7. The Labute approximate surface area is 114 Å². The number of hydrogen-bond acceptors (Lipinski definition) is 2. The molecule has 92 valence electrons. The topological polar surface area (TPSA) is 41.5 Å². The summed E-state index contributed by atoms with van der Waals surface area (Å²) < 4.78 is 0.962. The first-order chi connectivity index (χ1) is 8.74. The number of rotatable bonds is 2.